The molecule has 1 amide bonds. The number of carboxylic acids is 1. The van der Waals surface area contributed by atoms with Gasteiger partial charge in [-0.2, -0.15) is 0 Å². The number of hydrogen-bond donors (Lipinski definition) is 2. The summed E-state index contributed by atoms with van der Waals surface area (Å²) in [6.45, 7) is -0.216. The predicted molar refractivity (Wildman–Crippen MR) is 69.3 cm³/mol. The molecule has 1 fully saturated rings. The van der Waals surface area contributed by atoms with Crippen molar-refractivity contribution in [2.24, 2.45) is 0 Å². The van der Waals surface area contributed by atoms with Crippen LogP contribution in [0.5, 0.6) is 0 Å². The van der Waals surface area contributed by atoms with Gasteiger partial charge >= 0.3 is 17.7 Å². The Labute approximate surface area is 118 Å². The van der Waals surface area contributed by atoms with Crippen LogP contribution in [0.15, 0.2) is 18.3 Å². The van der Waals surface area contributed by atoms with Crippen LogP contribution in [0.25, 0.3) is 0 Å². The van der Waals surface area contributed by atoms with Crippen LogP contribution in [-0.2, 0) is 4.79 Å². The number of carboxylic acid groups (broad SMARTS) is 2. The molecule has 0 aromatic carbocycles. The van der Waals surface area contributed by atoms with Crippen molar-refractivity contribution in [3.63, 3.8) is 0 Å². The van der Waals surface area contributed by atoms with Crippen molar-refractivity contribution in [3.8, 4) is 0 Å². The van der Waals surface area contributed by atoms with E-state index in [1.165, 1.54) is 23.2 Å². The fourth-order valence-electron chi connectivity index (χ4n) is 2.17. The van der Waals surface area contributed by atoms with Crippen LogP contribution in [-0.4, -0.2) is 62.8 Å². The lowest BCUT2D eigenvalue weighted by molar-refractivity contribution is -0.384. The molecule has 1 aromatic rings. The number of anilines is 1. The lowest BCUT2D eigenvalue weighted by Gasteiger charge is -2.38. The van der Waals surface area contributed by atoms with Gasteiger partial charge < -0.3 is 20.0 Å². The van der Waals surface area contributed by atoms with Crippen molar-refractivity contribution in [2.45, 2.75) is 6.04 Å². The summed E-state index contributed by atoms with van der Waals surface area (Å²) in [7, 11) is 0. The van der Waals surface area contributed by atoms with E-state index in [1.54, 1.807) is 0 Å². The Morgan fingerprint density at radius 3 is 2.67 bits per heavy atom. The van der Waals surface area contributed by atoms with Gasteiger partial charge in [-0.3, -0.25) is 10.1 Å². The quantitative estimate of drug-likeness (QED) is 0.597. The van der Waals surface area contributed by atoms with Gasteiger partial charge in [-0.1, -0.05) is 0 Å². The van der Waals surface area contributed by atoms with E-state index in [4.69, 9.17) is 5.11 Å². The molecule has 2 rings (SSSR count). The fourth-order valence-corrected chi connectivity index (χ4v) is 2.17. The molecule has 0 unspecified atom stereocenters. The zero-order valence-electron chi connectivity index (χ0n) is 10.7. The number of carbonyl (C=O) groups is 2. The average molecular weight is 296 g/mol. The zero-order valence-corrected chi connectivity index (χ0v) is 10.7. The zero-order chi connectivity index (χ0) is 15.6. The Morgan fingerprint density at radius 1 is 1.38 bits per heavy atom. The largest absolute Gasteiger partial charge is 0.480 e. The topological polar surface area (TPSA) is 137 Å². The van der Waals surface area contributed by atoms with E-state index in [9.17, 15) is 24.8 Å². The maximum atomic E-state index is 11.3. The van der Waals surface area contributed by atoms with Gasteiger partial charge in [-0.15, -0.1) is 0 Å². The minimum atomic E-state index is -1.26. The molecule has 0 bridgehead atoms. The second-order valence-corrected chi connectivity index (χ2v) is 4.38. The summed E-state index contributed by atoms with van der Waals surface area (Å²) in [4.78, 5) is 38.7. The number of aliphatic carboxylic acids is 1. The van der Waals surface area contributed by atoms with Gasteiger partial charge in [0, 0.05) is 25.4 Å². The fraction of sp³-hybridized carbons (Fsp3) is 0.364. The first-order valence-electron chi connectivity index (χ1n) is 5.98. The van der Waals surface area contributed by atoms with Gasteiger partial charge in [0.2, 0.25) is 5.82 Å². The third-order valence-electron chi connectivity index (χ3n) is 3.17. The number of rotatable bonds is 3. The summed E-state index contributed by atoms with van der Waals surface area (Å²) in [5.74, 6) is -1.33. The third-order valence-corrected chi connectivity index (χ3v) is 3.17. The summed E-state index contributed by atoms with van der Waals surface area (Å²) in [5.41, 5.74) is -0.312. The van der Waals surface area contributed by atoms with Gasteiger partial charge in [-0.25, -0.2) is 14.6 Å². The molecule has 1 saturated heterocycles. The van der Waals surface area contributed by atoms with Crippen LogP contribution >= 0.6 is 0 Å². The summed E-state index contributed by atoms with van der Waals surface area (Å²) >= 11 is 0. The highest BCUT2D eigenvalue weighted by Gasteiger charge is 2.37. The first-order chi connectivity index (χ1) is 9.91. The normalized spacial score (nSPS) is 18.4. The molecule has 1 aliphatic rings. The molecule has 0 spiro atoms. The van der Waals surface area contributed by atoms with E-state index in [-0.39, 0.29) is 31.1 Å². The first-order valence-corrected chi connectivity index (χ1v) is 5.98. The van der Waals surface area contributed by atoms with Crippen LogP contribution in [0.2, 0.25) is 0 Å². The van der Waals surface area contributed by atoms with Gasteiger partial charge in [0.25, 0.3) is 0 Å². The van der Waals surface area contributed by atoms with E-state index < -0.39 is 23.0 Å². The van der Waals surface area contributed by atoms with Crippen LogP contribution < -0.4 is 4.90 Å². The molecule has 1 atom stereocenters. The molecule has 0 saturated carbocycles. The molecule has 10 heteroatoms. The van der Waals surface area contributed by atoms with Gasteiger partial charge in [-0.05, 0) is 6.07 Å². The van der Waals surface area contributed by atoms with Crippen LogP contribution in [0.3, 0.4) is 0 Å². The van der Waals surface area contributed by atoms with Gasteiger partial charge in [0.15, 0.2) is 0 Å². The molecule has 21 heavy (non-hydrogen) atoms. The SMILES string of the molecule is O=C(O)[C@@H]1CN(C(=O)O)CCN1c1ncccc1[N+](=O)[O-]. The van der Waals surface area contributed by atoms with Crippen molar-refractivity contribution < 1.29 is 24.7 Å². The van der Waals surface area contributed by atoms with Crippen molar-refractivity contribution in [1.82, 2.24) is 9.88 Å². The minimum Gasteiger partial charge on any atom is -0.480 e. The number of nitrogens with zero attached hydrogens (tertiary/aromatic N) is 4. The van der Waals surface area contributed by atoms with Crippen molar-refractivity contribution >= 4 is 23.6 Å². The van der Waals surface area contributed by atoms with Crippen LogP contribution in [0.4, 0.5) is 16.3 Å². The van der Waals surface area contributed by atoms with Crippen molar-refractivity contribution in [2.75, 3.05) is 24.5 Å². The maximum Gasteiger partial charge on any atom is 0.407 e. The monoisotopic (exact) mass is 296 g/mol. The Bertz CT molecular complexity index is 592. The van der Waals surface area contributed by atoms with Gasteiger partial charge in [0.1, 0.15) is 6.04 Å². The molecular weight excluding hydrogens is 284 g/mol. The van der Waals surface area contributed by atoms with Crippen molar-refractivity contribution in [1.29, 1.82) is 0 Å². The lowest BCUT2D eigenvalue weighted by Crippen LogP contribution is -2.58. The van der Waals surface area contributed by atoms with E-state index in [0.717, 1.165) is 4.90 Å². The second-order valence-electron chi connectivity index (χ2n) is 4.38. The highest BCUT2D eigenvalue weighted by molar-refractivity contribution is 5.81. The molecule has 1 aromatic heterocycles. The Morgan fingerprint density at radius 2 is 2.10 bits per heavy atom. The van der Waals surface area contributed by atoms with E-state index in [2.05, 4.69) is 4.98 Å². The molecule has 0 aliphatic carbocycles. The molecule has 10 nitrogen and oxygen atoms in total. The highest BCUT2D eigenvalue weighted by Crippen LogP contribution is 2.28. The smallest absolute Gasteiger partial charge is 0.407 e. The summed E-state index contributed by atoms with van der Waals surface area (Å²) in [5, 5.41) is 29.2. The number of hydrogen-bond acceptors (Lipinski definition) is 6. The number of pyridine rings is 1. The maximum absolute atomic E-state index is 11.3. The van der Waals surface area contributed by atoms with E-state index in [1.807, 2.05) is 0 Å². The first kappa shape index (κ1) is 14.5. The Balaban J connectivity index is 2.37. The second kappa shape index (κ2) is 5.61. The summed E-state index contributed by atoms with van der Waals surface area (Å²) < 4.78 is 0. The number of piperazine rings is 1. The van der Waals surface area contributed by atoms with Crippen LogP contribution in [0, 0.1) is 10.1 Å². The number of aromatic nitrogens is 1. The molecule has 112 valence electrons. The van der Waals surface area contributed by atoms with Crippen molar-refractivity contribution in [3.05, 3.63) is 28.4 Å². The molecule has 0 radical (unpaired) electrons. The standard InChI is InChI=1S/C11H12N4O6/c16-10(17)8-6-13(11(18)19)4-5-14(8)9-7(15(20)21)2-1-3-12-9/h1-3,8H,4-6H2,(H,16,17)(H,18,19)/t8-/m0/s1. The number of amides is 1. The molecule has 2 heterocycles. The van der Waals surface area contributed by atoms with Crippen LogP contribution in [0.1, 0.15) is 0 Å². The lowest BCUT2D eigenvalue weighted by atomic mass is 10.1. The number of nitro groups is 1. The summed E-state index contributed by atoms with van der Waals surface area (Å²) in [6, 6.07) is 1.39. The predicted octanol–water partition coefficient (Wildman–Crippen LogP) is 0.243. The average Bonchev–Trinajstić information content (AvgIpc) is 2.46. The third kappa shape index (κ3) is 2.83. The summed E-state index contributed by atoms with van der Waals surface area (Å²) in [6.07, 6.45) is 0.0987. The molecule has 1 aliphatic heterocycles. The molecule has 2 N–H and O–H groups in total. The minimum absolute atomic E-state index is 0.0150. The highest BCUT2D eigenvalue weighted by atomic mass is 16.6. The van der Waals surface area contributed by atoms with Gasteiger partial charge in [0.05, 0.1) is 11.5 Å². The Hall–Kier alpha value is -2.91. The van der Waals surface area contributed by atoms with E-state index >= 15 is 0 Å². The van der Waals surface area contributed by atoms with E-state index in [0.29, 0.717) is 0 Å². The molecular formula is C11H12N4O6. The Kier molecular flexibility index (Phi) is 3.87.